The van der Waals surface area contributed by atoms with Crippen molar-refractivity contribution in [1.82, 2.24) is 0 Å². The minimum absolute atomic E-state index is 0. The second kappa shape index (κ2) is 5.05. The zero-order chi connectivity index (χ0) is 5.86. The van der Waals surface area contributed by atoms with Gasteiger partial charge in [-0.15, -0.1) is 17.0 Å². The summed E-state index contributed by atoms with van der Waals surface area (Å²) in [5.74, 6) is -0.928. The molecule has 1 unspecified atom stereocenters. The lowest BCUT2D eigenvalue weighted by Gasteiger charge is -1.97. The lowest BCUT2D eigenvalue weighted by molar-refractivity contribution is -0.138. The number of hydrogen-bond acceptors (Lipinski definition) is 2. The molecule has 4 heteroatoms. The molecule has 0 aliphatic heterocycles. The van der Waals surface area contributed by atoms with Crippen LogP contribution in [-0.4, -0.2) is 17.1 Å². The van der Waals surface area contributed by atoms with Gasteiger partial charge in [0.25, 0.3) is 0 Å². The molecule has 0 heterocycles. The fourth-order valence-corrected chi connectivity index (χ4v) is 0.175. The molecule has 1 atom stereocenters. The van der Waals surface area contributed by atoms with Crippen LogP contribution in [0.15, 0.2) is 0 Å². The summed E-state index contributed by atoms with van der Waals surface area (Å²) in [7, 11) is 0. The van der Waals surface area contributed by atoms with Gasteiger partial charge in [-0.1, -0.05) is 6.92 Å². The highest BCUT2D eigenvalue weighted by Gasteiger charge is 2.05. The Morgan fingerprint density at radius 2 is 2.25 bits per heavy atom. The molecule has 0 aromatic rings. The number of halogens is 1. The Balaban J connectivity index is 0. The van der Waals surface area contributed by atoms with E-state index in [4.69, 9.17) is 10.8 Å². The Labute approximate surface area is 58.6 Å². The van der Waals surface area contributed by atoms with Crippen molar-refractivity contribution in [1.29, 1.82) is 0 Å². The number of aliphatic carboxylic acids is 1. The Kier molecular flexibility index (Phi) is 6.83. The van der Waals surface area contributed by atoms with Crippen LogP contribution in [0.25, 0.3) is 0 Å². The summed E-state index contributed by atoms with van der Waals surface area (Å²) >= 11 is 0. The van der Waals surface area contributed by atoms with Crippen LogP contribution in [0.3, 0.4) is 0 Å². The average molecular weight is 184 g/mol. The van der Waals surface area contributed by atoms with Crippen LogP contribution in [0.5, 0.6) is 0 Å². The van der Waals surface area contributed by atoms with Crippen molar-refractivity contribution in [3.63, 3.8) is 0 Å². The van der Waals surface area contributed by atoms with E-state index >= 15 is 0 Å². The number of carboxylic acid groups (broad SMARTS) is 1. The standard InChI is InChI=1S/C4H9NO2.BrH/c1-2-3(5)4(6)7;/h3H,2,5H2,1H3,(H,6,7);1H. The van der Waals surface area contributed by atoms with E-state index in [1.54, 1.807) is 6.92 Å². The minimum Gasteiger partial charge on any atom is -0.480 e. The van der Waals surface area contributed by atoms with E-state index in [9.17, 15) is 4.79 Å². The largest absolute Gasteiger partial charge is 0.480 e. The first-order valence-electron chi connectivity index (χ1n) is 2.17. The predicted molar refractivity (Wildman–Crippen MR) is 36.2 cm³/mol. The Morgan fingerprint density at radius 3 is 2.25 bits per heavy atom. The number of carboxylic acids is 1. The van der Waals surface area contributed by atoms with Crippen molar-refractivity contribution < 1.29 is 9.90 Å². The molecule has 0 rings (SSSR count). The molecule has 0 aromatic carbocycles. The quantitative estimate of drug-likeness (QED) is 0.652. The molecule has 8 heavy (non-hydrogen) atoms. The van der Waals surface area contributed by atoms with Crippen LogP contribution in [-0.2, 0) is 4.79 Å². The van der Waals surface area contributed by atoms with E-state index in [2.05, 4.69) is 0 Å². The third kappa shape index (κ3) is 4.08. The van der Waals surface area contributed by atoms with Crippen LogP contribution in [0.1, 0.15) is 13.3 Å². The zero-order valence-corrected chi connectivity index (χ0v) is 6.34. The van der Waals surface area contributed by atoms with Crippen molar-refractivity contribution in [3.8, 4) is 0 Å². The molecule has 0 amide bonds. The fraction of sp³-hybridized carbons (Fsp3) is 0.750. The number of hydrogen-bond donors (Lipinski definition) is 2. The van der Waals surface area contributed by atoms with E-state index < -0.39 is 12.0 Å². The van der Waals surface area contributed by atoms with Gasteiger partial charge in [-0.05, 0) is 6.42 Å². The van der Waals surface area contributed by atoms with Crippen LogP contribution in [0, 0.1) is 0 Å². The number of nitrogens with two attached hydrogens (primary N) is 1. The number of carbonyl (C=O) groups is 1. The van der Waals surface area contributed by atoms with Crippen LogP contribution >= 0.6 is 17.0 Å². The maximum absolute atomic E-state index is 9.81. The second-order valence-electron chi connectivity index (χ2n) is 1.35. The highest BCUT2D eigenvalue weighted by Crippen LogP contribution is 1.82. The highest BCUT2D eigenvalue weighted by molar-refractivity contribution is 8.93. The molecule has 0 spiro atoms. The van der Waals surface area contributed by atoms with Gasteiger partial charge < -0.3 is 10.8 Å². The molecule has 0 saturated carbocycles. The first-order chi connectivity index (χ1) is 3.18. The molecule has 3 nitrogen and oxygen atoms in total. The third-order valence-corrected chi connectivity index (χ3v) is 0.757. The maximum Gasteiger partial charge on any atom is 0.320 e. The SMILES string of the molecule is Br.CCC(N)C(=O)O. The van der Waals surface area contributed by atoms with Crippen LogP contribution < -0.4 is 5.73 Å². The smallest absolute Gasteiger partial charge is 0.320 e. The van der Waals surface area contributed by atoms with E-state index in [1.807, 2.05) is 0 Å². The molecule has 0 aliphatic carbocycles. The average Bonchev–Trinajstić information content (AvgIpc) is 1.65. The van der Waals surface area contributed by atoms with Gasteiger partial charge in [0.15, 0.2) is 0 Å². The van der Waals surface area contributed by atoms with Crippen LogP contribution in [0.4, 0.5) is 0 Å². The lowest BCUT2D eigenvalue weighted by Crippen LogP contribution is -2.28. The molecular weight excluding hydrogens is 174 g/mol. The maximum atomic E-state index is 9.81. The summed E-state index contributed by atoms with van der Waals surface area (Å²) in [5, 5.41) is 8.06. The fourth-order valence-electron chi connectivity index (χ4n) is 0.175. The summed E-state index contributed by atoms with van der Waals surface area (Å²) in [5.41, 5.74) is 5.02. The van der Waals surface area contributed by atoms with Gasteiger partial charge >= 0.3 is 5.97 Å². The van der Waals surface area contributed by atoms with Gasteiger partial charge in [0.05, 0.1) is 0 Å². The van der Waals surface area contributed by atoms with Crippen LogP contribution in [0.2, 0.25) is 0 Å². The summed E-state index contributed by atoms with van der Waals surface area (Å²) in [6.07, 6.45) is 0.495. The molecule has 0 radical (unpaired) electrons. The predicted octanol–water partition coefficient (Wildman–Crippen LogP) is 0.386. The molecular formula is C4H10BrNO2. The van der Waals surface area contributed by atoms with E-state index in [-0.39, 0.29) is 17.0 Å². The first-order valence-corrected chi connectivity index (χ1v) is 2.17. The lowest BCUT2D eigenvalue weighted by atomic mass is 10.2. The molecule has 0 fully saturated rings. The van der Waals surface area contributed by atoms with Gasteiger partial charge in [0.1, 0.15) is 6.04 Å². The summed E-state index contributed by atoms with van der Waals surface area (Å²) in [6.45, 7) is 1.73. The Morgan fingerprint density at radius 1 is 1.88 bits per heavy atom. The molecule has 3 N–H and O–H groups in total. The second-order valence-corrected chi connectivity index (χ2v) is 1.35. The van der Waals surface area contributed by atoms with E-state index in [0.717, 1.165) is 0 Å². The van der Waals surface area contributed by atoms with Crippen molar-refractivity contribution in [2.75, 3.05) is 0 Å². The molecule has 50 valence electrons. The van der Waals surface area contributed by atoms with Gasteiger partial charge in [0, 0.05) is 0 Å². The summed E-state index contributed by atoms with van der Waals surface area (Å²) in [4.78, 5) is 9.81. The molecule has 0 aliphatic rings. The first kappa shape index (κ1) is 10.8. The van der Waals surface area contributed by atoms with Crippen molar-refractivity contribution >= 4 is 23.0 Å². The molecule has 0 aromatic heterocycles. The van der Waals surface area contributed by atoms with Gasteiger partial charge in [-0.2, -0.15) is 0 Å². The van der Waals surface area contributed by atoms with E-state index in [0.29, 0.717) is 6.42 Å². The third-order valence-electron chi connectivity index (χ3n) is 0.757. The summed E-state index contributed by atoms with van der Waals surface area (Å²) < 4.78 is 0. The summed E-state index contributed by atoms with van der Waals surface area (Å²) in [6, 6.07) is -0.681. The van der Waals surface area contributed by atoms with Gasteiger partial charge in [-0.3, -0.25) is 4.79 Å². The zero-order valence-electron chi connectivity index (χ0n) is 4.63. The van der Waals surface area contributed by atoms with Gasteiger partial charge in [0.2, 0.25) is 0 Å². The topological polar surface area (TPSA) is 63.3 Å². The van der Waals surface area contributed by atoms with Gasteiger partial charge in [-0.25, -0.2) is 0 Å². The van der Waals surface area contributed by atoms with Crippen molar-refractivity contribution in [3.05, 3.63) is 0 Å². The Hall–Kier alpha value is -0.0900. The molecule has 0 bridgehead atoms. The minimum atomic E-state index is -0.928. The van der Waals surface area contributed by atoms with Crippen molar-refractivity contribution in [2.24, 2.45) is 5.73 Å². The van der Waals surface area contributed by atoms with E-state index in [1.165, 1.54) is 0 Å². The normalized spacial score (nSPS) is 11.8. The highest BCUT2D eigenvalue weighted by atomic mass is 79.9. The Bertz CT molecular complexity index is 76.4. The van der Waals surface area contributed by atoms with Crippen molar-refractivity contribution in [2.45, 2.75) is 19.4 Å². The molecule has 0 saturated heterocycles. The number of rotatable bonds is 2. The monoisotopic (exact) mass is 183 g/mol.